The number of methoxy groups -OCH3 is 3. The average Bonchev–Trinajstić information content (AvgIpc) is 2.60. The highest BCUT2D eigenvalue weighted by molar-refractivity contribution is 6.00. The number of benzene rings is 2. The van der Waals surface area contributed by atoms with Crippen LogP contribution in [0.4, 0.5) is 10.1 Å². The summed E-state index contributed by atoms with van der Waals surface area (Å²) >= 11 is 0. The van der Waals surface area contributed by atoms with E-state index in [0.717, 1.165) is 5.56 Å². The monoisotopic (exact) mass is 370 g/mol. The Morgan fingerprint density at radius 2 is 1.68 bits per heavy atom. The Kier molecular flexibility index (Phi) is 7.47. The van der Waals surface area contributed by atoms with Gasteiger partial charge in [-0.3, -0.25) is 4.79 Å². The van der Waals surface area contributed by atoms with E-state index < -0.39 is 0 Å². The van der Waals surface area contributed by atoms with E-state index in [1.807, 2.05) is 0 Å². The van der Waals surface area contributed by atoms with Crippen LogP contribution in [-0.2, 0) is 6.54 Å². The molecule has 0 heterocycles. The van der Waals surface area contributed by atoms with E-state index in [0.29, 0.717) is 28.5 Å². The molecule has 2 rings (SSSR count). The number of ether oxygens (including phenoxy) is 3. The third-order valence-corrected chi connectivity index (χ3v) is 3.54. The number of hydrogen-bond donors (Lipinski definition) is 2. The molecule has 0 unspecified atom stereocenters. The lowest BCUT2D eigenvalue weighted by Gasteiger charge is -2.15. The molecule has 2 aromatic carbocycles. The van der Waals surface area contributed by atoms with Gasteiger partial charge in [0.1, 0.15) is 11.4 Å². The highest BCUT2D eigenvalue weighted by Crippen LogP contribution is 2.42. The van der Waals surface area contributed by atoms with E-state index in [1.54, 1.807) is 18.2 Å². The maximum absolute atomic E-state index is 12.9. The molecule has 0 fully saturated rings. The topological polar surface area (TPSA) is 84.4 Å². The fraction of sp³-hybridized carbons (Fsp3) is 0.235. The zero-order chi connectivity index (χ0) is 17.7. The quantitative estimate of drug-likeness (QED) is 0.659. The standard InChI is InChI=1S/C17H19FN2O4.ClH/c1-22-13-8-12(14(19)16(24-3)15(13)23-2)17(21)20-9-10-4-6-11(18)7-5-10;/h4-8H,9,19H2,1-3H3,(H,20,21);1H. The molecule has 0 aliphatic carbocycles. The highest BCUT2D eigenvalue weighted by Gasteiger charge is 2.25. The minimum atomic E-state index is -0.344. The molecule has 0 aromatic heterocycles. The number of amides is 1. The smallest absolute Gasteiger partial charge is 0.257 e. The summed E-state index contributed by atoms with van der Waals surface area (Å²) in [5.41, 5.74) is 5.38. The number of halogens is 2. The second kappa shape index (κ2) is 9.10. The maximum Gasteiger partial charge on any atom is 0.257 e. The lowest BCUT2D eigenvalue weighted by atomic mass is 10.1. The van der Waals surface area contributed by atoms with Gasteiger partial charge in [0.2, 0.25) is 11.5 Å². The number of nitrogens with one attached hydrogen (secondary N) is 1. The van der Waals surface area contributed by atoms with Crippen molar-refractivity contribution in [3.8, 4) is 17.2 Å². The van der Waals surface area contributed by atoms with Gasteiger partial charge in [-0.25, -0.2) is 4.39 Å². The number of rotatable bonds is 6. The second-order valence-electron chi connectivity index (χ2n) is 4.98. The van der Waals surface area contributed by atoms with Gasteiger partial charge in [0.05, 0.1) is 21.3 Å². The lowest BCUT2D eigenvalue weighted by Crippen LogP contribution is -3.00. The molecule has 136 valence electrons. The summed E-state index contributed by atoms with van der Waals surface area (Å²) in [5, 5.41) is 2.76. The third kappa shape index (κ3) is 4.52. The molecule has 0 bridgehead atoms. The van der Waals surface area contributed by atoms with E-state index in [2.05, 4.69) is 11.1 Å². The van der Waals surface area contributed by atoms with Crippen molar-refractivity contribution < 1.29 is 41.5 Å². The predicted octanol–water partition coefficient (Wildman–Crippen LogP) is -1.34. The van der Waals surface area contributed by atoms with Gasteiger partial charge < -0.3 is 37.7 Å². The van der Waals surface area contributed by atoms with Crippen LogP contribution in [0.25, 0.3) is 0 Å². The Bertz CT molecular complexity index is 738. The Morgan fingerprint density at radius 1 is 1.08 bits per heavy atom. The van der Waals surface area contributed by atoms with Crippen LogP contribution >= 0.6 is 0 Å². The van der Waals surface area contributed by atoms with Crippen molar-refractivity contribution in [3.05, 3.63) is 47.3 Å². The molecule has 25 heavy (non-hydrogen) atoms. The van der Waals surface area contributed by atoms with Crippen LogP contribution in [0.3, 0.4) is 0 Å². The van der Waals surface area contributed by atoms with Gasteiger partial charge in [-0.1, -0.05) is 12.1 Å². The van der Waals surface area contributed by atoms with Crippen LogP contribution in [0.2, 0.25) is 0 Å². The van der Waals surface area contributed by atoms with Crippen LogP contribution in [-0.4, -0.2) is 27.2 Å². The van der Waals surface area contributed by atoms with Gasteiger partial charge >= 0.3 is 0 Å². The van der Waals surface area contributed by atoms with Gasteiger partial charge in [0.25, 0.3) is 5.91 Å². The predicted molar refractivity (Wildman–Crippen MR) is 86.2 cm³/mol. The molecule has 1 amide bonds. The Balaban J connectivity index is 0.00000312. The summed E-state index contributed by atoms with van der Waals surface area (Å²) in [6.07, 6.45) is 0. The summed E-state index contributed by atoms with van der Waals surface area (Å²) in [7, 11) is 4.42. The molecule has 8 heteroatoms. The average molecular weight is 371 g/mol. The van der Waals surface area contributed by atoms with Crippen LogP contribution in [0, 0.1) is 5.82 Å². The van der Waals surface area contributed by atoms with Crippen LogP contribution in [0.1, 0.15) is 15.9 Å². The number of quaternary nitrogens is 1. The first-order valence-corrected chi connectivity index (χ1v) is 7.19. The van der Waals surface area contributed by atoms with Crippen molar-refractivity contribution in [2.24, 2.45) is 0 Å². The van der Waals surface area contributed by atoms with E-state index >= 15 is 0 Å². The Morgan fingerprint density at radius 3 is 2.20 bits per heavy atom. The largest absolute Gasteiger partial charge is 1.00 e. The van der Waals surface area contributed by atoms with E-state index in [1.165, 1.54) is 33.5 Å². The SMILES string of the molecule is COc1cc(C(=O)NCc2ccc(F)cc2)c([NH3+])c(OC)c1OC.[Cl-]. The van der Waals surface area contributed by atoms with Gasteiger partial charge in [-0.2, -0.15) is 0 Å². The number of carbonyl (C=O) groups excluding carboxylic acids is 1. The summed E-state index contributed by atoms with van der Waals surface area (Å²) < 4.78 is 28.7. The molecule has 0 saturated carbocycles. The molecular weight excluding hydrogens is 351 g/mol. The molecule has 2 aromatic rings. The Hall–Kier alpha value is -2.51. The summed E-state index contributed by atoms with van der Waals surface area (Å²) in [6, 6.07) is 7.44. The Labute approximate surface area is 151 Å². The minimum absolute atomic E-state index is 0. The van der Waals surface area contributed by atoms with Crippen molar-refractivity contribution in [1.29, 1.82) is 0 Å². The molecule has 0 atom stereocenters. The third-order valence-electron chi connectivity index (χ3n) is 3.54. The first-order chi connectivity index (χ1) is 11.5. The molecule has 0 aliphatic rings. The normalized spacial score (nSPS) is 9.80. The summed E-state index contributed by atoms with van der Waals surface area (Å²) in [6.45, 7) is 0.259. The summed E-state index contributed by atoms with van der Waals surface area (Å²) in [4.78, 5) is 12.5. The van der Waals surface area contributed by atoms with E-state index in [9.17, 15) is 9.18 Å². The first kappa shape index (κ1) is 20.5. The zero-order valence-electron chi connectivity index (χ0n) is 14.2. The molecule has 0 spiro atoms. The highest BCUT2D eigenvalue weighted by atomic mass is 35.5. The van der Waals surface area contributed by atoms with Gasteiger partial charge in [0, 0.05) is 12.6 Å². The molecule has 4 N–H and O–H groups in total. The first-order valence-electron chi connectivity index (χ1n) is 7.19. The van der Waals surface area contributed by atoms with E-state index in [4.69, 9.17) is 14.2 Å². The van der Waals surface area contributed by atoms with Gasteiger partial charge in [0.15, 0.2) is 11.4 Å². The van der Waals surface area contributed by atoms with Crippen molar-refractivity contribution in [2.45, 2.75) is 6.54 Å². The number of carbonyl (C=O) groups is 1. The van der Waals surface area contributed by atoms with Crippen molar-refractivity contribution in [2.75, 3.05) is 21.3 Å². The fourth-order valence-corrected chi connectivity index (χ4v) is 2.30. The van der Waals surface area contributed by atoms with Crippen molar-refractivity contribution in [3.63, 3.8) is 0 Å². The lowest BCUT2D eigenvalue weighted by molar-refractivity contribution is -0.256. The number of hydrogen-bond acceptors (Lipinski definition) is 4. The van der Waals surface area contributed by atoms with E-state index in [-0.39, 0.29) is 30.7 Å². The van der Waals surface area contributed by atoms with Crippen molar-refractivity contribution >= 4 is 11.6 Å². The fourth-order valence-electron chi connectivity index (χ4n) is 2.30. The molecule has 0 radical (unpaired) electrons. The minimum Gasteiger partial charge on any atom is -1.00 e. The van der Waals surface area contributed by atoms with Crippen molar-refractivity contribution in [1.82, 2.24) is 5.32 Å². The zero-order valence-corrected chi connectivity index (χ0v) is 14.9. The van der Waals surface area contributed by atoms with Gasteiger partial charge in [-0.05, 0) is 17.7 Å². The molecule has 6 nitrogen and oxygen atoms in total. The maximum atomic E-state index is 12.9. The molecule has 0 saturated heterocycles. The second-order valence-corrected chi connectivity index (χ2v) is 4.98. The van der Waals surface area contributed by atoms with Crippen LogP contribution in [0.5, 0.6) is 17.2 Å². The van der Waals surface area contributed by atoms with Crippen LogP contribution < -0.4 is 37.7 Å². The van der Waals surface area contributed by atoms with Crippen LogP contribution in [0.15, 0.2) is 30.3 Å². The van der Waals surface area contributed by atoms with Gasteiger partial charge in [-0.15, -0.1) is 0 Å². The summed E-state index contributed by atoms with van der Waals surface area (Å²) in [5.74, 6) is 0.413. The molecular formula is C17H20ClFN2O4. The molecule has 0 aliphatic heterocycles.